The minimum atomic E-state index is 0.895. The Labute approximate surface area is 51.6 Å². The molecule has 0 spiro atoms. The fourth-order valence-corrected chi connectivity index (χ4v) is 0.567. The molecule has 0 fully saturated rings. The quantitative estimate of drug-likeness (QED) is 0.542. The zero-order valence-corrected chi connectivity index (χ0v) is 5.83. The summed E-state index contributed by atoms with van der Waals surface area (Å²) in [6, 6.07) is 0. The summed E-state index contributed by atoms with van der Waals surface area (Å²) in [6.07, 6.45) is 4.34. The number of unbranched alkanes of at least 4 members (excludes halogenated alkanes) is 1. The molecule has 0 amide bonds. The van der Waals surface area contributed by atoms with Crippen LogP contribution >= 0.6 is 0 Å². The highest BCUT2D eigenvalue weighted by atomic mass is 14.4. The van der Waals surface area contributed by atoms with Gasteiger partial charge in [0.1, 0.15) is 0 Å². The highest BCUT2D eigenvalue weighted by Gasteiger charge is 1.89. The van der Waals surface area contributed by atoms with Crippen molar-refractivity contribution in [1.29, 1.82) is 5.41 Å². The molecule has 8 heavy (non-hydrogen) atoms. The van der Waals surface area contributed by atoms with Crippen molar-refractivity contribution in [3.63, 3.8) is 0 Å². The number of rotatable bonds is 4. The standard InChI is InChI=1S/C7H15N/c1-3-5-6-7(8)4-2/h8H,3-6H2,1-2H3. The van der Waals surface area contributed by atoms with E-state index in [9.17, 15) is 0 Å². The summed E-state index contributed by atoms with van der Waals surface area (Å²) in [5.41, 5.74) is 0.895. The summed E-state index contributed by atoms with van der Waals surface area (Å²) in [4.78, 5) is 0. The molecule has 0 aromatic heterocycles. The van der Waals surface area contributed by atoms with Gasteiger partial charge in [-0.15, -0.1) is 0 Å². The smallest absolute Gasteiger partial charge is 0.00864 e. The predicted octanol–water partition coefficient (Wildman–Crippen LogP) is 2.61. The van der Waals surface area contributed by atoms with Crippen molar-refractivity contribution >= 4 is 5.71 Å². The van der Waals surface area contributed by atoms with E-state index in [1.54, 1.807) is 0 Å². The second-order valence-corrected chi connectivity index (χ2v) is 2.06. The van der Waals surface area contributed by atoms with Crippen LogP contribution in [-0.2, 0) is 0 Å². The Bertz CT molecular complexity index is 66.8. The van der Waals surface area contributed by atoms with Gasteiger partial charge in [-0.2, -0.15) is 0 Å². The third-order valence-corrected chi connectivity index (χ3v) is 1.26. The summed E-state index contributed by atoms with van der Waals surface area (Å²) in [5.74, 6) is 0. The molecule has 0 atom stereocenters. The molecule has 0 radical (unpaired) electrons. The van der Waals surface area contributed by atoms with Crippen LogP contribution in [0.4, 0.5) is 0 Å². The fraction of sp³-hybridized carbons (Fsp3) is 0.857. The van der Waals surface area contributed by atoms with Crippen LogP contribution in [0.2, 0.25) is 0 Å². The van der Waals surface area contributed by atoms with E-state index in [1.165, 1.54) is 12.8 Å². The van der Waals surface area contributed by atoms with Gasteiger partial charge in [0.25, 0.3) is 0 Å². The molecule has 0 aliphatic carbocycles. The second kappa shape index (κ2) is 4.82. The van der Waals surface area contributed by atoms with Gasteiger partial charge >= 0.3 is 0 Å². The first kappa shape index (κ1) is 7.67. The minimum Gasteiger partial charge on any atom is -0.310 e. The van der Waals surface area contributed by atoms with Crippen LogP contribution in [0.5, 0.6) is 0 Å². The fourth-order valence-electron chi connectivity index (χ4n) is 0.567. The van der Waals surface area contributed by atoms with E-state index in [0.29, 0.717) is 0 Å². The van der Waals surface area contributed by atoms with Crippen molar-refractivity contribution in [2.75, 3.05) is 0 Å². The van der Waals surface area contributed by atoms with Crippen molar-refractivity contribution < 1.29 is 0 Å². The van der Waals surface area contributed by atoms with Crippen LogP contribution in [0.3, 0.4) is 0 Å². The van der Waals surface area contributed by atoms with Gasteiger partial charge in [-0.1, -0.05) is 20.3 Å². The van der Waals surface area contributed by atoms with Gasteiger partial charge in [0.15, 0.2) is 0 Å². The van der Waals surface area contributed by atoms with Gasteiger partial charge in [-0.05, 0) is 19.3 Å². The zero-order chi connectivity index (χ0) is 6.41. The minimum absolute atomic E-state index is 0.895. The molecule has 0 saturated carbocycles. The summed E-state index contributed by atoms with van der Waals surface area (Å²) >= 11 is 0. The van der Waals surface area contributed by atoms with E-state index in [-0.39, 0.29) is 0 Å². The van der Waals surface area contributed by atoms with Gasteiger partial charge < -0.3 is 5.41 Å². The maximum absolute atomic E-state index is 7.24. The predicted molar refractivity (Wildman–Crippen MR) is 37.5 cm³/mol. The summed E-state index contributed by atoms with van der Waals surface area (Å²) in [5, 5.41) is 7.24. The van der Waals surface area contributed by atoms with E-state index < -0.39 is 0 Å². The van der Waals surface area contributed by atoms with Crippen LogP contribution in [0, 0.1) is 5.41 Å². The Morgan fingerprint density at radius 2 is 2.00 bits per heavy atom. The molecule has 0 aromatic rings. The first-order valence-corrected chi connectivity index (χ1v) is 3.37. The molecular weight excluding hydrogens is 98.1 g/mol. The summed E-state index contributed by atoms with van der Waals surface area (Å²) in [6.45, 7) is 4.20. The van der Waals surface area contributed by atoms with E-state index in [4.69, 9.17) is 5.41 Å². The largest absolute Gasteiger partial charge is 0.310 e. The SMILES string of the molecule is CCCCC(=N)CC. The van der Waals surface area contributed by atoms with Gasteiger partial charge in [0.05, 0.1) is 0 Å². The van der Waals surface area contributed by atoms with Crippen LogP contribution in [0.1, 0.15) is 39.5 Å². The molecule has 0 saturated heterocycles. The molecule has 0 heterocycles. The van der Waals surface area contributed by atoms with Gasteiger partial charge in [0, 0.05) is 5.71 Å². The molecule has 1 nitrogen and oxygen atoms in total. The highest BCUT2D eigenvalue weighted by Crippen LogP contribution is 1.97. The Kier molecular flexibility index (Phi) is 4.62. The van der Waals surface area contributed by atoms with E-state index >= 15 is 0 Å². The van der Waals surface area contributed by atoms with Crippen molar-refractivity contribution in [2.45, 2.75) is 39.5 Å². The van der Waals surface area contributed by atoms with Crippen molar-refractivity contribution in [1.82, 2.24) is 0 Å². The number of hydrogen-bond donors (Lipinski definition) is 1. The maximum Gasteiger partial charge on any atom is 0.00864 e. The van der Waals surface area contributed by atoms with E-state index in [0.717, 1.165) is 18.6 Å². The Hall–Kier alpha value is -0.330. The number of hydrogen-bond acceptors (Lipinski definition) is 1. The molecule has 0 unspecified atom stereocenters. The first-order valence-electron chi connectivity index (χ1n) is 3.37. The Morgan fingerprint density at radius 1 is 1.38 bits per heavy atom. The third kappa shape index (κ3) is 3.85. The van der Waals surface area contributed by atoms with Crippen LogP contribution < -0.4 is 0 Å². The van der Waals surface area contributed by atoms with Crippen molar-refractivity contribution in [3.05, 3.63) is 0 Å². The molecule has 0 aliphatic heterocycles. The Morgan fingerprint density at radius 3 is 2.38 bits per heavy atom. The lowest BCUT2D eigenvalue weighted by molar-refractivity contribution is 0.823. The molecule has 1 heteroatoms. The normalized spacial score (nSPS) is 9.25. The van der Waals surface area contributed by atoms with Crippen LogP contribution in [0.25, 0.3) is 0 Å². The number of nitrogens with one attached hydrogen (secondary N) is 1. The van der Waals surface area contributed by atoms with Crippen LogP contribution in [0.15, 0.2) is 0 Å². The molecule has 0 bridgehead atoms. The second-order valence-electron chi connectivity index (χ2n) is 2.06. The van der Waals surface area contributed by atoms with Gasteiger partial charge in [0.2, 0.25) is 0 Å². The zero-order valence-electron chi connectivity index (χ0n) is 5.83. The van der Waals surface area contributed by atoms with Crippen molar-refractivity contribution in [2.24, 2.45) is 0 Å². The lowest BCUT2D eigenvalue weighted by Gasteiger charge is -1.95. The van der Waals surface area contributed by atoms with E-state index in [1.807, 2.05) is 6.92 Å². The summed E-state index contributed by atoms with van der Waals surface area (Å²) < 4.78 is 0. The average molecular weight is 113 g/mol. The lowest BCUT2D eigenvalue weighted by Crippen LogP contribution is -1.91. The monoisotopic (exact) mass is 113 g/mol. The van der Waals surface area contributed by atoms with E-state index in [2.05, 4.69) is 6.92 Å². The molecule has 48 valence electrons. The first-order chi connectivity index (χ1) is 3.81. The third-order valence-electron chi connectivity index (χ3n) is 1.26. The average Bonchev–Trinajstić information content (AvgIpc) is 1.83. The Balaban J connectivity index is 2.99. The summed E-state index contributed by atoms with van der Waals surface area (Å²) in [7, 11) is 0. The molecule has 0 aliphatic rings. The molecule has 1 N–H and O–H groups in total. The van der Waals surface area contributed by atoms with Crippen LogP contribution in [-0.4, -0.2) is 5.71 Å². The molecule has 0 aromatic carbocycles. The maximum atomic E-state index is 7.24. The highest BCUT2D eigenvalue weighted by molar-refractivity contribution is 5.80. The lowest BCUT2D eigenvalue weighted by atomic mass is 10.1. The van der Waals surface area contributed by atoms with Gasteiger partial charge in [-0.3, -0.25) is 0 Å². The van der Waals surface area contributed by atoms with Crippen molar-refractivity contribution in [3.8, 4) is 0 Å². The molecule has 0 rings (SSSR count). The van der Waals surface area contributed by atoms with Gasteiger partial charge in [-0.25, -0.2) is 0 Å². The molecular formula is C7H15N. The topological polar surface area (TPSA) is 23.9 Å².